The van der Waals surface area contributed by atoms with Gasteiger partial charge in [0.1, 0.15) is 5.54 Å². The van der Waals surface area contributed by atoms with Gasteiger partial charge in [-0.25, -0.2) is 0 Å². The second-order valence-corrected chi connectivity index (χ2v) is 7.83. The van der Waals surface area contributed by atoms with E-state index in [9.17, 15) is 9.59 Å². The largest absolute Gasteiger partial charge is 0.343 e. The maximum atomic E-state index is 12.5. The molecule has 0 radical (unpaired) electrons. The summed E-state index contributed by atoms with van der Waals surface area (Å²) in [6, 6.07) is 0.207. The van der Waals surface area contributed by atoms with Crippen molar-refractivity contribution in [2.45, 2.75) is 76.8 Å². The summed E-state index contributed by atoms with van der Waals surface area (Å²) in [5.41, 5.74) is -0.541. The minimum Gasteiger partial charge on any atom is -0.343 e. The third kappa shape index (κ3) is 5.44. The Morgan fingerprint density at radius 1 is 1.29 bits per heavy atom. The lowest BCUT2D eigenvalue weighted by atomic mass is 9.89. The Bertz CT molecular complexity index is 658. The molecule has 1 aliphatic carbocycles. The lowest BCUT2D eigenvalue weighted by Gasteiger charge is -2.34. The van der Waals surface area contributed by atoms with Crippen molar-refractivity contribution in [1.82, 2.24) is 25.7 Å². The van der Waals surface area contributed by atoms with Crippen LogP contribution in [-0.4, -0.2) is 52.5 Å². The fourth-order valence-corrected chi connectivity index (χ4v) is 4.19. The molecule has 28 heavy (non-hydrogen) atoms. The van der Waals surface area contributed by atoms with Crippen molar-refractivity contribution >= 4 is 24.2 Å². The molecule has 0 bridgehead atoms. The van der Waals surface area contributed by atoms with Crippen molar-refractivity contribution in [3.05, 3.63) is 11.7 Å². The summed E-state index contributed by atoms with van der Waals surface area (Å²) in [6.45, 7) is 5.98. The van der Waals surface area contributed by atoms with Crippen LogP contribution in [0.5, 0.6) is 0 Å². The first-order valence-corrected chi connectivity index (χ1v) is 10.1. The Hall–Kier alpha value is -1.67. The zero-order valence-electron chi connectivity index (χ0n) is 16.8. The van der Waals surface area contributed by atoms with Gasteiger partial charge in [-0.3, -0.25) is 9.59 Å². The molecule has 0 spiro atoms. The van der Waals surface area contributed by atoms with E-state index in [0.29, 0.717) is 24.6 Å². The fourth-order valence-electron chi connectivity index (χ4n) is 4.19. The number of carbonyl (C=O) groups is 2. The maximum Gasteiger partial charge on any atom is 0.227 e. The van der Waals surface area contributed by atoms with Crippen LogP contribution in [0.15, 0.2) is 4.52 Å². The first-order valence-electron chi connectivity index (χ1n) is 10.1. The number of nitrogens with one attached hydrogen (secondary N) is 2. The topological polar surface area (TPSA) is 100 Å². The van der Waals surface area contributed by atoms with Crippen LogP contribution in [-0.2, 0) is 21.5 Å². The zero-order valence-corrected chi connectivity index (χ0v) is 17.6. The van der Waals surface area contributed by atoms with Crippen LogP contribution in [0.2, 0.25) is 0 Å². The van der Waals surface area contributed by atoms with Gasteiger partial charge >= 0.3 is 0 Å². The van der Waals surface area contributed by atoms with Crippen LogP contribution < -0.4 is 10.6 Å². The molecule has 2 N–H and O–H groups in total. The SMILES string of the molecule is CC(=O)NC1(c2noc(CCC(=O)N3CCNC[C@H]3C)n2)CCCCCC1.Cl. The zero-order chi connectivity index (χ0) is 19.3. The highest BCUT2D eigenvalue weighted by Gasteiger charge is 2.38. The second kappa shape index (κ2) is 10.2. The molecule has 0 aromatic carbocycles. The lowest BCUT2D eigenvalue weighted by Crippen LogP contribution is -2.52. The minimum atomic E-state index is -0.541. The molecule has 2 amide bonds. The summed E-state index contributed by atoms with van der Waals surface area (Å²) in [6.07, 6.45) is 6.81. The molecule has 8 nitrogen and oxygen atoms in total. The molecule has 2 heterocycles. The van der Waals surface area contributed by atoms with Gasteiger partial charge in [0.2, 0.25) is 17.7 Å². The lowest BCUT2D eigenvalue weighted by molar-refractivity contribution is -0.134. The van der Waals surface area contributed by atoms with Gasteiger partial charge < -0.3 is 20.1 Å². The van der Waals surface area contributed by atoms with E-state index in [1.807, 2.05) is 4.90 Å². The van der Waals surface area contributed by atoms with Crippen molar-refractivity contribution in [3.63, 3.8) is 0 Å². The van der Waals surface area contributed by atoms with Crippen molar-refractivity contribution in [1.29, 1.82) is 0 Å². The molecule has 1 aromatic heterocycles. The number of hydrogen-bond donors (Lipinski definition) is 2. The Morgan fingerprint density at radius 2 is 2.00 bits per heavy atom. The Labute approximate surface area is 172 Å². The first-order chi connectivity index (χ1) is 13.0. The predicted octanol–water partition coefficient (Wildman–Crippen LogP) is 1.93. The molecule has 9 heteroatoms. The van der Waals surface area contributed by atoms with Crippen LogP contribution in [0.4, 0.5) is 0 Å². The van der Waals surface area contributed by atoms with Gasteiger partial charge in [-0.05, 0) is 19.8 Å². The number of nitrogens with zero attached hydrogens (tertiary/aromatic N) is 3. The van der Waals surface area contributed by atoms with Crippen molar-refractivity contribution in [3.8, 4) is 0 Å². The van der Waals surface area contributed by atoms with E-state index in [2.05, 4.69) is 27.7 Å². The van der Waals surface area contributed by atoms with Crippen LogP contribution >= 0.6 is 12.4 Å². The molecule has 1 aromatic rings. The highest BCUT2D eigenvalue weighted by Crippen LogP contribution is 2.34. The van der Waals surface area contributed by atoms with Crippen LogP contribution in [0.1, 0.15) is 70.5 Å². The molecular weight excluding hydrogens is 382 g/mol. The second-order valence-electron chi connectivity index (χ2n) is 7.83. The van der Waals surface area contributed by atoms with Gasteiger partial charge in [-0.1, -0.05) is 30.8 Å². The molecule has 0 unspecified atom stereocenters. The number of amides is 2. The molecule has 1 saturated carbocycles. The maximum absolute atomic E-state index is 12.5. The Balaban J connectivity index is 0.00000280. The number of hydrogen-bond acceptors (Lipinski definition) is 6. The van der Waals surface area contributed by atoms with E-state index in [-0.39, 0.29) is 30.3 Å². The van der Waals surface area contributed by atoms with E-state index in [0.717, 1.165) is 58.2 Å². The van der Waals surface area contributed by atoms with Crippen LogP contribution in [0.25, 0.3) is 0 Å². The van der Waals surface area contributed by atoms with E-state index < -0.39 is 5.54 Å². The molecule has 1 saturated heterocycles. The summed E-state index contributed by atoms with van der Waals surface area (Å²) in [7, 11) is 0. The van der Waals surface area contributed by atoms with Gasteiger partial charge in [-0.15, -0.1) is 12.4 Å². The number of halogens is 1. The molecule has 1 atom stereocenters. The molecule has 158 valence electrons. The van der Waals surface area contributed by atoms with Crippen molar-refractivity contribution in [2.24, 2.45) is 0 Å². The van der Waals surface area contributed by atoms with Crippen LogP contribution in [0.3, 0.4) is 0 Å². The smallest absolute Gasteiger partial charge is 0.227 e. The van der Waals surface area contributed by atoms with Gasteiger partial charge in [0.05, 0.1) is 0 Å². The minimum absolute atomic E-state index is 0. The van der Waals surface area contributed by atoms with Crippen molar-refractivity contribution < 1.29 is 14.1 Å². The summed E-state index contributed by atoms with van der Waals surface area (Å²) in [5, 5.41) is 10.5. The average molecular weight is 414 g/mol. The average Bonchev–Trinajstić information content (AvgIpc) is 3.00. The number of piperazine rings is 1. The van der Waals surface area contributed by atoms with Gasteiger partial charge in [-0.2, -0.15) is 4.98 Å². The summed E-state index contributed by atoms with van der Waals surface area (Å²) in [5.74, 6) is 1.06. The normalized spacial score (nSPS) is 22.1. The van der Waals surface area contributed by atoms with E-state index in [1.165, 1.54) is 6.92 Å². The first kappa shape index (κ1) is 22.6. The Kier molecular flexibility index (Phi) is 8.24. The number of rotatable bonds is 5. The Morgan fingerprint density at radius 3 is 2.64 bits per heavy atom. The summed E-state index contributed by atoms with van der Waals surface area (Å²) < 4.78 is 5.43. The van der Waals surface area contributed by atoms with Crippen molar-refractivity contribution in [2.75, 3.05) is 19.6 Å². The number of carbonyl (C=O) groups excluding carboxylic acids is 2. The third-order valence-electron chi connectivity index (χ3n) is 5.64. The monoisotopic (exact) mass is 413 g/mol. The van der Waals surface area contributed by atoms with Crippen LogP contribution in [0, 0.1) is 0 Å². The fraction of sp³-hybridized carbons (Fsp3) is 0.789. The summed E-state index contributed by atoms with van der Waals surface area (Å²) in [4.78, 5) is 30.7. The van der Waals surface area contributed by atoms with E-state index in [1.54, 1.807) is 0 Å². The van der Waals surface area contributed by atoms with E-state index >= 15 is 0 Å². The number of aryl methyl sites for hydroxylation is 1. The molecule has 3 rings (SSSR count). The molecule has 2 aliphatic rings. The van der Waals surface area contributed by atoms with Gasteiger partial charge in [0.25, 0.3) is 0 Å². The highest BCUT2D eigenvalue weighted by atomic mass is 35.5. The standard InChI is InChI=1S/C19H31N5O3.ClH/c1-14-13-20-11-12-24(14)17(26)8-7-16-21-18(23-27-16)19(22-15(2)25)9-5-3-4-6-10-19;/h14,20H,3-13H2,1-2H3,(H,22,25);1H/t14-;/m1./s1. The molecular formula is C19H32ClN5O3. The van der Waals surface area contributed by atoms with Gasteiger partial charge in [0.15, 0.2) is 5.82 Å². The number of aromatic nitrogens is 2. The summed E-state index contributed by atoms with van der Waals surface area (Å²) >= 11 is 0. The van der Waals surface area contributed by atoms with Gasteiger partial charge in [0, 0.05) is 45.4 Å². The van der Waals surface area contributed by atoms with E-state index in [4.69, 9.17) is 4.52 Å². The molecule has 2 fully saturated rings. The quantitative estimate of drug-likeness (QED) is 0.715. The predicted molar refractivity (Wildman–Crippen MR) is 107 cm³/mol. The highest BCUT2D eigenvalue weighted by molar-refractivity contribution is 5.85. The third-order valence-corrected chi connectivity index (χ3v) is 5.64. The molecule has 1 aliphatic heterocycles.